The minimum absolute atomic E-state index is 0.194. The molecule has 0 aromatic heterocycles. The molecule has 3 unspecified atom stereocenters. The van der Waals surface area contributed by atoms with Gasteiger partial charge in [0, 0.05) is 31.7 Å². The number of benzene rings is 1. The van der Waals surface area contributed by atoms with E-state index in [1.807, 2.05) is 0 Å². The molecule has 1 aliphatic rings. The van der Waals surface area contributed by atoms with Gasteiger partial charge in [0.05, 0.1) is 10.0 Å². The Balaban J connectivity index is 2.44. The van der Waals surface area contributed by atoms with E-state index in [2.05, 4.69) is 10.0 Å². The number of azide groups is 1. The van der Waals surface area contributed by atoms with Gasteiger partial charge in [-0.05, 0) is 17.7 Å². The quantitative estimate of drug-likeness (QED) is 0.192. The number of halogens is 2. The third-order valence-corrected chi connectivity index (χ3v) is 4.74. The highest BCUT2D eigenvalue weighted by Crippen LogP contribution is 2.33. The maximum Gasteiger partial charge on any atom is 0.303 e. The van der Waals surface area contributed by atoms with E-state index < -0.39 is 48.6 Å². The molecule has 1 aromatic carbocycles. The number of nitrogens with zero attached hydrogens (tertiary/aromatic N) is 3. The van der Waals surface area contributed by atoms with Crippen molar-refractivity contribution in [2.45, 2.75) is 51.4 Å². The summed E-state index contributed by atoms with van der Waals surface area (Å²) in [5, 5.41) is 4.11. The van der Waals surface area contributed by atoms with Crippen LogP contribution in [0.1, 0.15) is 20.8 Å². The van der Waals surface area contributed by atoms with E-state index in [0.717, 1.165) is 13.8 Å². The number of hydrogen-bond donors (Lipinski definition) is 0. The second kappa shape index (κ2) is 11.1. The van der Waals surface area contributed by atoms with Crippen LogP contribution < -0.4 is 4.74 Å². The topological polar surface area (TPSA) is 146 Å². The molecule has 31 heavy (non-hydrogen) atoms. The molecule has 1 aliphatic heterocycles. The first-order valence-corrected chi connectivity index (χ1v) is 9.67. The third-order valence-electron chi connectivity index (χ3n) is 4.00. The number of carbonyl (C=O) groups excluding carboxylic acids is 3. The molecule has 1 heterocycles. The normalized spacial score (nSPS) is 25.0. The molecule has 0 spiro atoms. The van der Waals surface area contributed by atoms with Crippen LogP contribution in [-0.4, -0.2) is 55.2 Å². The van der Waals surface area contributed by atoms with Crippen LogP contribution in [0.15, 0.2) is 23.3 Å². The van der Waals surface area contributed by atoms with Crippen molar-refractivity contribution in [3.05, 3.63) is 38.7 Å². The molecule has 0 amide bonds. The molecule has 1 aromatic rings. The highest BCUT2D eigenvalue weighted by atomic mass is 35.5. The molecule has 11 nitrogen and oxygen atoms in total. The molecular weight excluding hydrogens is 457 g/mol. The number of carbonyl (C=O) groups is 3. The van der Waals surface area contributed by atoms with Crippen molar-refractivity contribution in [3.8, 4) is 5.75 Å². The van der Waals surface area contributed by atoms with E-state index in [-0.39, 0.29) is 22.4 Å². The van der Waals surface area contributed by atoms with E-state index in [4.69, 9.17) is 52.4 Å². The first kappa shape index (κ1) is 24.5. The number of esters is 3. The fourth-order valence-corrected chi connectivity index (χ4v) is 3.14. The second-order valence-corrected chi connectivity index (χ2v) is 7.20. The molecular formula is C18H19Cl2N3O8. The first-order valence-electron chi connectivity index (χ1n) is 8.91. The Morgan fingerprint density at radius 3 is 2.26 bits per heavy atom. The molecule has 0 bridgehead atoms. The van der Waals surface area contributed by atoms with Crippen LogP contribution >= 0.6 is 23.2 Å². The summed E-state index contributed by atoms with van der Waals surface area (Å²) in [6.07, 6.45) is -4.96. The van der Waals surface area contributed by atoms with Gasteiger partial charge in [0.15, 0.2) is 6.10 Å². The first-order chi connectivity index (χ1) is 14.6. The van der Waals surface area contributed by atoms with Crippen LogP contribution in [0.5, 0.6) is 5.75 Å². The minimum atomic E-state index is -1.33. The van der Waals surface area contributed by atoms with E-state index in [9.17, 15) is 14.4 Å². The van der Waals surface area contributed by atoms with E-state index >= 15 is 0 Å². The highest BCUT2D eigenvalue weighted by molar-refractivity contribution is 6.42. The van der Waals surface area contributed by atoms with Gasteiger partial charge in [0.25, 0.3) is 0 Å². The lowest BCUT2D eigenvalue weighted by Gasteiger charge is -2.43. The molecule has 0 aliphatic carbocycles. The highest BCUT2D eigenvalue weighted by Gasteiger charge is 2.51. The number of hydrogen-bond acceptors (Lipinski definition) is 9. The summed E-state index contributed by atoms with van der Waals surface area (Å²) in [5.41, 5.74) is 9.05. The van der Waals surface area contributed by atoms with Crippen molar-refractivity contribution in [2.24, 2.45) is 5.11 Å². The maximum atomic E-state index is 11.7. The summed E-state index contributed by atoms with van der Waals surface area (Å²) in [7, 11) is 0. The van der Waals surface area contributed by atoms with Crippen molar-refractivity contribution in [1.82, 2.24) is 0 Å². The Bertz CT molecular complexity index is 893. The van der Waals surface area contributed by atoms with Gasteiger partial charge in [0.2, 0.25) is 6.29 Å². The van der Waals surface area contributed by atoms with Gasteiger partial charge >= 0.3 is 17.9 Å². The standard InChI is InChI=1S/C18H19Cl2N3O8/c1-8(24)27-7-14-16(28-9(2)25)15(22-23-21)17(29-10(3)26)18(31-14)30-11-4-5-12(19)13(20)6-11/h4-6,14-18H,7H2,1-3H3/t14?,15?,16-,17?,18-/m0/s1. The summed E-state index contributed by atoms with van der Waals surface area (Å²) in [6.45, 7) is 3.10. The van der Waals surface area contributed by atoms with Crippen molar-refractivity contribution in [1.29, 1.82) is 0 Å². The minimum Gasteiger partial charge on any atom is -0.463 e. The van der Waals surface area contributed by atoms with Gasteiger partial charge in [0.1, 0.15) is 30.6 Å². The fourth-order valence-electron chi connectivity index (χ4n) is 2.85. The van der Waals surface area contributed by atoms with Gasteiger partial charge in [-0.25, -0.2) is 0 Å². The van der Waals surface area contributed by atoms with Crippen molar-refractivity contribution in [2.75, 3.05) is 6.61 Å². The lowest BCUT2D eigenvalue weighted by Crippen LogP contribution is -2.61. The summed E-state index contributed by atoms with van der Waals surface area (Å²) in [4.78, 5) is 37.4. The van der Waals surface area contributed by atoms with Gasteiger partial charge in [-0.15, -0.1) is 0 Å². The summed E-state index contributed by atoms with van der Waals surface area (Å²) >= 11 is 11.9. The van der Waals surface area contributed by atoms with Gasteiger partial charge < -0.3 is 23.7 Å². The Morgan fingerprint density at radius 2 is 1.71 bits per heavy atom. The van der Waals surface area contributed by atoms with Crippen LogP contribution in [0.2, 0.25) is 10.0 Å². The zero-order valence-corrected chi connectivity index (χ0v) is 18.2. The molecule has 0 saturated carbocycles. The lowest BCUT2D eigenvalue weighted by molar-refractivity contribution is -0.259. The second-order valence-electron chi connectivity index (χ2n) is 6.38. The molecule has 168 valence electrons. The molecule has 1 saturated heterocycles. The molecule has 1 fully saturated rings. The number of ether oxygens (including phenoxy) is 5. The van der Waals surface area contributed by atoms with Crippen LogP contribution in [0.3, 0.4) is 0 Å². The van der Waals surface area contributed by atoms with Crippen molar-refractivity contribution >= 4 is 41.1 Å². The smallest absolute Gasteiger partial charge is 0.303 e. The Kier molecular flexibility index (Phi) is 8.76. The largest absolute Gasteiger partial charge is 0.463 e. The molecule has 13 heteroatoms. The Morgan fingerprint density at radius 1 is 1.06 bits per heavy atom. The van der Waals surface area contributed by atoms with Gasteiger partial charge in [-0.2, -0.15) is 0 Å². The Labute approximate surface area is 187 Å². The Hall–Kier alpha value is -2.72. The molecule has 2 rings (SSSR count). The maximum absolute atomic E-state index is 11.7. The summed E-state index contributed by atoms with van der Waals surface area (Å²) < 4.78 is 27.1. The lowest BCUT2D eigenvalue weighted by atomic mass is 9.96. The van der Waals surface area contributed by atoms with E-state index in [0.29, 0.717) is 0 Å². The van der Waals surface area contributed by atoms with Crippen molar-refractivity contribution in [3.63, 3.8) is 0 Å². The van der Waals surface area contributed by atoms with E-state index in [1.54, 1.807) is 0 Å². The van der Waals surface area contributed by atoms with Crippen LogP contribution in [0.25, 0.3) is 10.4 Å². The van der Waals surface area contributed by atoms with Gasteiger partial charge in [-0.3, -0.25) is 14.4 Å². The predicted molar refractivity (Wildman–Crippen MR) is 106 cm³/mol. The predicted octanol–water partition coefficient (Wildman–Crippen LogP) is 3.20. The van der Waals surface area contributed by atoms with Crippen molar-refractivity contribution < 1.29 is 38.1 Å². The molecule has 5 atom stereocenters. The molecule has 0 radical (unpaired) electrons. The average molecular weight is 476 g/mol. The van der Waals surface area contributed by atoms with Gasteiger partial charge in [-0.1, -0.05) is 28.3 Å². The summed E-state index contributed by atoms with van der Waals surface area (Å²) in [6, 6.07) is 3.12. The zero-order valence-electron chi connectivity index (χ0n) is 16.7. The van der Waals surface area contributed by atoms with Crippen LogP contribution in [-0.2, 0) is 33.3 Å². The van der Waals surface area contributed by atoms with Crippen LogP contribution in [0.4, 0.5) is 0 Å². The number of rotatable bonds is 7. The zero-order chi connectivity index (χ0) is 23.1. The molecule has 0 N–H and O–H groups in total. The monoisotopic (exact) mass is 475 g/mol. The SMILES string of the molecule is CC(=O)OCC1O[C@H](Oc2ccc(Cl)c(Cl)c2)C(OC(C)=O)C(N=[N+]=[N-])[C@H]1OC(C)=O. The summed E-state index contributed by atoms with van der Waals surface area (Å²) in [5.74, 6) is -1.86. The van der Waals surface area contributed by atoms with E-state index in [1.165, 1.54) is 25.1 Å². The average Bonchev–Trinajstić information content (AvgIpc) is 2.67. The third kappa shape index (κ3) is 6.90. The fraction of sp³-hybridized carbons (Fsp3) is 0.500. The van der Waals surface area contributed by atoms with Crippen LogP contribution in [0, 0.1) is 0 Å².